The molecular formula is C23H23ClF2N4O. The van der Waals surface area contributed by atoms with E-state index in [4.69, 9.17) is 16.3 Å². The van der Waals surface area contributed by atoms with E-state index in [9.17, 15) is 8.78 Å². The Balaban J connectivity index is 1.43. The van der Waals surface area contributed by atoms with Crippen LogP contribution in [-0.2, 0) is 6.54 Å². The molecule has 0 amide bonds. The first-order valence-electron chi connectivity index (χ1n) is 10.5. The highest BCUT2D eigenvalue weighted by atomic mass is 35.5. The molecule has 0 radical (unpaired) electrons. The number of benzene rings is 1. The van der Waals surface area contributed by atoms with Crippen molar-refractivity contribution >= 4 is 29.1 Å². The smallest absolute Gasteiger partial charge is 0.129 e. The fraction of sp³-hybridized carbons (Fsp3) is 0.391. The first-order chi connectivity index (χ1) is 15.0. The monoisotopic (exact) mass is 444 g/mol. The molecule has 1 saturated carbocycles. The predicted molar refractivity (Wildman–Crippen MR) is 116 cm³/mol. The van der Waals surface area contributed by atoms with Gasteiger partial charge in [0.2, 0.25) is 0 Å². The molecular weight excluding hydrogens is 422 g/mol. The van der Waals surface area contributed by atoms with Gasteiger partial charge >= 0.3 is 0 Å². The minimum atomic E-state index is -0.628. The number of halogens is 3. The second kappa shape index (κ2) is 8.11. The Bertz CT molecular complexity index is 1170. The van der Waals surface area contributed by atoms with E-state index in [1.54, 1.807) is 6.20 Å². The van der Waals surface area contributed by atoms with Crippen LogP contribution >= 0.6 is 11.6 Å². The topological polar surface area (TPSA) is 53.0 Å². The number of allylic oxidation sites excluding steroid dienone is 1. The summed E-state index contributed by atoms with van der Waals surface area (Å²) in [6.45, 7) is 1.28. The SMILES string of the molecule is CN1CC=C(Cl)C(C2CCC(Oc3cc(F)cc(F)c3)CC2)=c2[nH]c3c(c21)CN=NC=3. The Kier molecular flexibility index (Phi) is 5.30. The molecule has 3 heterocycles. The molecule has 8 heteroatoms. The van der Waals surface area contributed by atoms with Crippen LogP contribution in [0.2, 0.25) is 0 Å². The molecule has 31 heavy (non-hydrogen) atoms. The molecule has 5 rings (SSSR count). The number of anilines is 1. The van der Waals surface area contributed by atoms with Crippen LogP contribution in [0.15, 0.2) is 39.5 Å². The van der Waals surface area contributed by atoms with E-state index >= 15 is 0 Å². The van der Waals surface area contributed by atoms with Crippen molar-refractivity contribution in [3.63, 3.8) is 0 Å². The van der Waals surface area contributed by atoms with E-state index in [0.29, 0.717) is 6.54 Å². The van der Waals surface area contributed by atoms with E-state index in [1.807, 2.05) is 0 Å². The van der Waals surface area contributed by atoms with Crippen LogP contribution in [0.5, 0.6) is 5.75 Å². The average Bonchev–Trinajstić information content (AvgIpc) is 3.06. The van der Waals surface area contributed by atoms with E-state index in [-0.39, 0.29) is 17.8 Å². The van der Waals surface area contributed by atoms with Gasteiger partial charge in [-0.2, -0.15) is 10.2 Å². The Morgan fingerprint density at radius 1 is 1.13 bits per heavy atom. The average molecular weight is 445 g/mol. The normalized spacial score (nSPS) is 22.9. The molecule has 1 aromatic heterocycles. The van der Waals surface area contributed by atoms with E-state index in [2.05, 4.69) is 33.2 Å². The molecule has 2 aromatic rings. The third-order valence-electron chi connectivity index (χ3n) is 6.28. The highest BCUT2D eigenvalue weighted by Crippen LogP contribution is 2.38. The zero-order valence-electron chi connectivity index (χ0n) is 17.2. The molecule has 0 unspecified atom stereocenters. The Labute approximate surface area is 183 Å². The largest absolute Gasteiger partial charge is 0.490 e. The number of rotatable bonds is 3. The maximum Gasteiger partial charge on any atom is 0.129 e. The van der Waals surface area contributed by atoms with Crippen LogP contribution in [-0.4, -0.2) is 24.7 Å². The number of aromatic nitrogens is 1. The van der Waals surface area contributed by atoms with Crippen molar-refractivity contribution < 1.29 is 13.5 Å². The lowest BCUT2D eigenvalue weighted by Crippen LogP contribution is -2.28. The number of ether oxygens (including phenoxy) is 1. The third kappa shape index (κ3) is 3.87. The van der Waals surface area contributed by atoms with E-state index < -0.39 is 11.6 Å². The first-order valence-corrected chi connectivity index (χ1v) is 10.9. The van der Waals surface area contributed by atoms with Gasteiger partial charge < -0.3 is 14.6 Å². The summed E-state index contributed by atoms with van der Waals surface area (Å²) < 4.78 is 32.8. The van der Waals surface area contributed by atoms with Crippen molar-refractivity contribution in [2.45, 2.75) is 38.3 Å². The lowest BCUT2D eigenvalue weighted by molar-refractivity contribution is 0.142. The predicted octanol–water partition coefficient (Wildman–Crippen LogP) is 4.36. The summed E-state index contributed by atoms with van der Waals surface area (Å²) in [4.78, 5) is 5.73. The van der Waals surface area contributed by atoms with Gasteiger partial charge in [-0.3, -0.25) is 0 Å². The van der Waals surface area contributed by atoms with Crippen molar-refractivity contribution in [1.82, 2.24) is 4.98 Å². The summed E-state index contributed by atoms with van der Waals surface area (Å²) in [5, 5.41) is 11.0. The van der Waals surface area contributed by atoms with Gasteiger partial charge in [-0.25, -0.2) is 8.78 Å². The summed E-state index contributed by atoms with van der Waals surface area (Å²) in [5.74, 6) is -0.744. The highest BCUT2D eigenvalue weighted by molar-refractivity contribution is 6.36. The molecule has 3 aliphatic rings. The number of fused-ring (bicyclic) bond motifs is 3. The summed E-state index contributed by atoms with van der Waals surface area (Å²) in [7, 11) is 2.06. The Hall–Kier alpha value is -2.67. The number of aromatic amines is 1. The van der Waals surface area contributed by atoms with Crippen LogP contribution in [0.4, 0.5) is 14.5 Å². The minimum absolute atomic E-state index is 0.0727. The van der Waals surface area contributed by atoms with Crippen LogP contribution < -0.4 is 20.3 Å². The van der Waals surface area contributed by atoms with E-state index in [1.165, 1.54) is 12.1 Å². The molecule has 0 bridgehead atoms. The highest BCUT2D eigenvalue weighted by Gasteiger charge is 2.30. The van der Waals surface area contributed by atoms with Gasteiger partial charge in [0.25, 0.3) is 0 Å². The van der Waals surface area contributed by atoms with Crippen LogP contribution in [0.1, 0.15) is 31.2 Å². The molecule has 1 fully saturated rings. The summed E-state index contributed by atoms with van der Waals surface area (Å²) in [5.41, 5.74) is 3.41. The fourth-order valence-corrected chi connectivity index (χ4v) is 5.16. The molecule has 1 aromatic carbocycles. The fourth-order valence-electron chi connectivity index (χ4n) is 4.84. The van der Waals surface area contributed by atoms with Crippen molar-refractivity contribution in [2.75, 3.05) is 18.5 Å². The minimum Gasteiger partial charge on any atom is -0.490 e. The maximum absolute atomic E-state index is 13.5. The number of hydrogen-bond acceptors (Lipinski definition) is 4. The second-order valence-electron chi connectivity index (χ2n) is 8.33. The summed E-state index contributed by atoms with van der Waals surface area (Å²) in [6.07, 6.45) is 7.09. The molecule has 1 N–H and O–H groups in total. The standard InChI is InChI=1S/C23H23ClF2N4O/c1-30-7-6-19(24)21(22-23(30)18-11-27-28-12-20(18)29-22)13-2-4-16(5-3-13)31-17-9-14(25)8-15(26)10-17/h6,8-10,12-13,16,29H,2-5,7,11H2,1H3. The number of hydrogen-bond donors (Lipinski definition) is 1. The lowest BCUT2D eigenvalue weighted by atomic mass is 9.81. The van der Waals surface area contributed by atoms with Gasteiger partial charge in [-0.05, 0) is 43.3 Å². The van der Waals surface area contributed by atoms with E-state index in [0.717, 1.165) is 70.8 Å². The first kappa shape index (κ1) is 20.2. The van der Waals surface area contributed by atoms with Crippen LogP contribution in [0.25, 0.3) is 11.8 Å². The number of nitrogens with zero attached hydrogens (tertiary/aromatic N) is 3. The van der Waals surface area contributed by atoms with Gasteiger partial charge in [-0.15, -0.1) is 0 Å². The number of nitrogens with one attached hydrogen (secondary N) is 1. The Morgan fingerprint density at radius 2 is 1.87 bits per heavy atom. The van der Waals surface area contributed by atoms with Gasteiger partial charge in [-0.1, -0.05) is 11.6 Å². The van der Waals surface area contributed by atoms with Crippen molar-refractivity contribution in [2.24, 2.45) is 16.1 Å². The van der Waals surface area contributed by atoms with Gasteiger partial charge in [0.15, 0.2) is 0 Å². The molecule has 0 spiro atoms. The van der Waals surface area contributed by atoms with Gasteiger partial charge in [0, 0.05) is 42.4 Å². The van der Waals surface area contributed by atoms with Crippen molar-refractivity contribution in [3.8, 4) is 5.75 Å². The molecule has 5 nitrogen and oxygen atoms in total. The molecule has 0 atom stereocenters. The van der Waals surface area contributed by atoms with Crippen LogP contribution in [0, 0.1) is 17.6 Å². The van der Waals surface area contributed by atoms with Crippen LogP contribution in [0.3, 0.4) is 0 Å². The zero-order valence-corrected chi connectivity index (χ0v) is 17.9. The second-order valence-corrected chi connectivity index (χ2v) is 8.74. The van der Waals surface area contributed by atoms with Gasteiger partial charge in [0.05, 0.1) is 35.2 Å². The number of azo groups is 1. The summed E-state index contributed by atoms with van der Waals surface area (Å²) >= 11 is 6.78. The Morgan fingerprint density at radius 3 is 2.61 bits per heavy atom. The molecule has 2 aliphatic heterocycles. The van der Waals surface area contributed by atoms with Crippen molar-refractivity contribution in [1.29, 1.82) is 0 Å². The molecule has 1 aliphatic carbocycles. The maximum atomic E-state index is 13.5. The number of H-pyrrole nitrogens is 1. The zero-order chi connectivity index (χ0) is 21.5. The number of likely N-dealkylation sites (N-methyl/N-ethyl adjacent to an activating group) is 1. The van der Waals surface area contributed by atoms with Crippen molar-refractivity contribution in [3.05, 3.63) is 57.2 Å². The quantitative estimate of drug-likeness (QED) is 0.764. The molecule has 162 valence electrons. The van der Waals surface area contributed by atoms with Gasteiger partial charge in [0.1, 0.15) is 17.4 Å². The third-order valence-corrected chi connectivity index (χ3v) is 6.64. The lowest BCUT2D eigenvalue weighted by Gasteiger charge is -2.30. The molecule has 0 saturated heterocycles. The summed E-state index contributed by atoms with van der Waals surface area (Å²) in [6, 6.07) is 3.31.